The highest BCUT2D eigenvalue weighted by molar-refractivity contribution is 7.93. The highest BCUT2D eigenvalue weighted by Gasteiger charge is 2.54. The molecule has 1 saturated carbocycles. The van der Waals surface area contributed by atoms with E-state index in [1.54, 1.807) is 12.1 Å². The smallest absolute Gasteiger partial charge is 0.232 e. The van der Waals surface area contributed by atoms with E-state index in [1.165, 1.54) is 32.2 Å². The Morgan fingerprint density at radius 1 is 1.16 bits per heavy atom. The Morgan fingerprint density at radius 3 is 2.39 bits per heavy atom. The summed E-state index contributed by atoms with van der Waals surface area (Å²) in [5, 5.41) is -1.74. The van der Waals surface area contributed by atoms with Crippen LogP contribution in [-0.4, -0.2) is 39.9 Å². The topological polar surface area (TPSA) is 101 Å². The number of benzene rings is 1. The van der Waals surface area contributed by atoms with Crippen molar-refractivity contribution in [1.82, 2.24) is 4.98 Å². The highest BCUT2D eigenvalue weighted by atomic mass is 35.5. The zero-order valence-corrected chi connectivity index (χ0v) is 20.1. The van der Waals surface area contributed by atoms with Crippen LogP contribution in [0.5, 0.6) is 0 Å². The Balaban J connectivity index is 1.98. The van der Waals surface area contributed by atoms with Crippen molar-refractivity contribution < 1.29 is 21.6 Å². The Hall–Kier alpha value is -1.68. The van der Waals surface area contributed by atoms with Crippen LogP contribution in [0.1, 0.15) is 53.6 Å². The second kappa shape index (κ2) is 7.16. The molecule has 166 valence electrons. The minimum absolute atomic E-state index is 0.00143. The normalized spacial score (nSPS) is 22.1. The van der Waals surface area contributed by atoms with Gasteiger partial charge in [0.2, 0.25) is 15.8 Å². The number of hydrogen-bond donors (Lipinski definition) is 0. The maximum atomic E-state index is 13.6. The maximum Gasteiger partial charge on any atom is 0.232 e. The predicted molar refractivity (Wildman–Crippen MR) is 120 cm³/mol. The molecule has 0 bridgehead atoms. The zero-order valence-electron chi connectivity index (χ0n) is 17.0. The quantitative estimate of drug-likeness (QED) is 0.627. The van der Waals surface area contributed by atoms with Crippen LogP contribution in [0.4, 0.5) is 5.69 Å². The summed E-state index contributed by atoms with van der Waals surface area (Å²) in [7, 11) is -7.86. The number of aromatic nitrogens is 1. The van der Waals surface area contributed by atoms with Gasteiger partial charge in [-0.1, -0.05) is 35.3 Å². The summed E-state index contributed by atoms with van der Waals surface area (Å²) in [5.41, 5.74) is 0.363. The molecule has 1 aromatic carbocycles. The van der Waals surface area contributed by atoms with E-state index < -0.39 is 35.6 Å². The largest absolute Gasteiger partial charge is 0.291 e. The van der Waals surface area contributed by atoms with E-state index in [1.807, 2.05) is 0 Å². The molecule has 7 nitrogen and oxygen atoms in total. The second-order valence-corrected chi connectivity index (χ2v) is 13.5. The number of Topliss-reactive ketones (excluding diaryl/α,β-unsaturated/α-hetero) is 1. The van der Waals surface area contributed by atoms with Gasteiger partial charge in [0, 0.05) is 17.8 Å². The molecule has 0 N–H and O–H groups in total. The van der Waals surface area contributed by atoms with Crippen LogP contribution >= 0.6 is 23.2 Å². The van der Waals surface area contributed by atoms with Gasteiger partial charge in [0.25, 0.3) is 0 Å². The van der Waals surface area contributed by atoms with Crippen LogP contribution < -0.4 is 4.31 Å². The van der Waals surface area contributed by atoms with Crippen molar-refractivity contribution in [2.75, 3.05) is 10.6 Å². The van der Waals surface area contributed by atoms with E-state index in [2.05, 4.69) is 4.98 Å². The predicted octanol–water partition coefficient (Wildman–Crippen LogP) is 3.90. The fourth-order valence-electron chi connectivity index (χ4n) is 4.00. The van der Waals surface area contributed by atoms with Crippen LogP contribution in [0.3, 0.4) is 0 Å². The SMILES string of the molecule is CC1(C)c2cccnc2C(=O)C(c2ccc(Cl)c(N(C3CC3)S(C)(=O)=O)c2Cl)S1(=O)=O. The molecule has 1 aliphatic heterocycles. The summed E-state index contributed by atoms with van der Waals surface area (Å²) in [6.45, 7) is 3.03. The lowest BCUT2D eigenvalue weighted by Crippen LogP contribution is -2.43. The number of anilines is 1. The number of carbonyl (C=O) groups is 1. The number of carbonyl (C=O) groups excluding carboxylic acids is 1. The van der Waals surface area contributed by atoms with Crippen molar-refractivity contribution in [2.24, 2.45) is 0 Å². The van der Waals surface area contributed by atoms with Gasteiger partial charge in [0.15, 0.2) is 15.1 Å². The van der Waals surface area contributed by atoms with Crippen LogP contribution in [0.2, 0.25) is 10.0 Å². The molecule has 1 atom stereocenters. The fourth-order valence-corrected chi connectivity index (χ4v) is 8.08. The average molecular weight is 503 g/mol. The van der Waals surface area contributed by atoms with Crippen LogP contribution in [0.15, 0.2) is 30.5 Å². The summed E-state index contributed by atoms with van der Waals surface area (Å²) in [6.07, 6.45) is 3.73. The van der Waals surface area contributed by atoms with E-state index in [-0.39, 0.29) is 33.0 Å². The van der Waals surface area contributed by atoms with Gasteiger partial charge in [-0.15, -0.1) is 0 Å². The number of sulfonamides is 1. The summed E-state index contributed by atoms with van der Waals surface area (Å²) >= 11 is 12.9. The van der Waals surface area contributed by atoms with Crippen molar-refractivity contribution in [1.29, 1.82) is 0 Å². The lowest BCUT2D eigenvalue weighted by molar-refractivity contribution is 0.0975. The minimum atomic E-state index is -4.12. The lowest BCUT2D eigenvalue weighted by atomic mass is 9.94. The number of fused-ring (bicyclic) bond motifs is 1. The van der Waals surface area contributed by atoms with E-state index in [9.17, 15) is 21.6 Å². The van der Waals surface area contributed by atoms with E-state index in [0.717, 1.165) is 10.6 Å². The molecular formula is C20H20Cl2N2O5S2. The van der Waals surface area contributed by atoms with E-state index in [0.29, 0.717) is 18.4 Å². The molecule has 2 aromatic rings. The van der Waals surface area contributed by atoms with Gasteiger partial charge < -0.3 is 0 Å². The molecule has 11 heteroatoms. The van der Waals surface area contributed by atoms with E-state index in [4.69, 9.17) is 23.2 Å². The summed E-state index contributed by atoms with van der Waals surface area (Å²) in [5.74, 6) is -0.706. The standard InChI is InChI=1S/C20H20Cl2N2O5S2/c1-20(2)13-5-4-10-23-16(13)18(25)19(31(20,28)29)12-8-9-14(21)17(15(12)22)24(11-6-7-11)30(3,26)27/h4-5,8-11,19H,6-7H2,1-3H3. The number of hydrogen-bond acceptors (Lipinski definition) is 6. The summed E-state index contributed by atoms with van der Waals surface area (Å²) in [6, 6.07) is 5.59. The number of sulfone groups is 1. The molecular weight excluding hydrogens is 483 g/mol. The van der Waals surface area contributed by atoms with Crippen molar-refractivity contribution in [3.05, 3.63) is 57.3 Å². The monoisotopic (exact) mass is 502 g/mol. The third-order valence-corrected chi connectivity index (χ3v) is 10.4. The Labute approximate surface area is 191 Å². The van der Waals surface area contributed by atoms with Crippen LogP contribution in [0.25, 0.3) is 0 Å². The van der Waals surface area contributed by atoms with Gasteiger partial charge in [-0.05, 0) is 44.4 Å². The van der Waals surface area contributed by atoms with Gasteiger partial charge in [-0.3, -0.25) is 14.1 Å². The first kappa shape index (κ1) is 22.5. The van der Waals surface area contributed by atoms with Crippen LogP contribution in [0, 0.1) is 0 Å². The molecule has 0 saturated heterocycles. The molecule has 1 unspecified atom stereocenters. The van der Waals surface area contributed by atoms with Gasteiger partial charge in [0.1, 0.15) is 5.69 Å². The third-order valence-electron chi connectivity index (χ3n) is 5.78. The first-order chi connectivity index (χ1) is 14.3. The molecule has 2 heterocycles. The number of ketones is 1. The molecule has 0 radical (unpaired) electrons. The first-order valence-electron chi connectivity index (χ1n) is 9.50. The molecule has 0 amide bonds. The first-order valence-corrected chi connectivity index (χ1v) is 13.7. The summed E-state index contributed by atoms with van der Waals surface area (Å²) in [4.78, 5) is 17.4. The molecule has 31 heavy (non-hydrogen) atoms. The van der Waals surface area contributed by atoms with Gasteiger partial charge in [-0.2, -0.15) is 0 Å². The molecule has 0 spiro atoms. The Bertz CT molecular complexity index is 1320. The van der Waals surface area contributed by atoms with Crippen molar-refractivity contribution >= 4 is 54.5 Å². The van der Waals surface area contributed by atoms with Gasteiger partial charge in [0.05, 0.1) is 26.7 Å². The molecule has 2 aliphatic rings. The number of nitrogens with zero attached hydrogens (tertiary/aromatic N) is 2. The van der Waals surface area contributed by atoms with Gasteiger partial charge >= 0.3 is 0 Å². The van der Waals surface area contributed by atoms with Crippen LogP contribution in [-0.2, 0) is 24.6 Å². The summed E-state index contributed by atoms with van der Waals surface area (Å²) < 4.78 is 51.9. The molecule has 1 aliphatic carbocycles. The number of halogens is 2. The lowest BCUT2D eigenvalue weighted by Gasteiger charge is -2.36. The Morgan fingerprint density at radius 2 is 1.81 bits per heavy atom. The molecule has 4 rings (SSSR count). The number of rotatable bonds is 4. The fraction of sp³-hybridized carbons (Fsp3) is 0.400. The zero-order chi connectivity index (χ0) is 22.9. The maximum absolute atomic E-state index is 13.6. The van der Waals surface area contributed by atoms with Crippen molar-refractivity contribution in [3.8, 4) is 0 Å². The minimum Gasteiger partial charge on any atom is -0.291 e. The average Bonchev–Trinajstić information content (AvgIpc) is 3.49. The van der Waals surface area contributed by atoms with Crippen molar-refractivity contribution in [3.63, 3.8) is 0 Å². The Kier molecular flexibility index (Phi) is 5.20. The third kappa shape index (κ3) is 3.37. The van der Waals surface area contributed by atoms with Gasteiger partial charge in [-0.25, -0.2) is 16.8 Å². The molecule has 1 aromatic heterocycles. The van der Waals surface area contributed by atoms with E-state index >= 15 is 0 Å². The molecule has 1 fully saturated rings. The van der Waals surface area contributed by atoms with Crippen molar-refractivity contribution in [2.45, 2.75) is 42.7 Å². The highest BCUT2D eigenvalue weighted by Crippen LogP contribution is 2.51. The number of pyridine rings is 1. The second-order valence-electron chi connectivity index (χ2n) is 8.29.